The predicted octanol–water partition coefficient (Wildman–Crippen LogP) is 5.90. The van der Waals surface area contributed by atoms with E-state index in [9.17, 15) is 9.59 Å². The Hall–Kier alpha value is -1.99. The van der Waals surface area contributed by atoms with Gasteiger partial charge in [0.25, 0.3) is 0 Å². The summed E-state index contributed by atoms with van der Waals surface area (Å²) in [5.74, 6) is 0.690. The van der Waals surface area contributed by atoms with Gasteiger partial charge in [0.1, 0.15) is 5.60 Å². The second kappa shape index (κ2) is 10.1. The van der Waals surface area contributed by atoms with Gasteiger partial charge in [-0.15, -0.1) is 11.8 Å². The lowest BCUT2D eigenvalue weighted by Crippen LogP contribution is -2.42. The number of hydrogen-bond acceptors (Lipinski definition) is 4. The van der Waals surface area contributed by atoms with Crippen molar-refractivity contribution in [2.45, 2.75) is 68.2 Å². The van der Waals surface area contributed by atoms with Gasteiger partial charge in [-0.05, 0) is 74.8 Å². The molecular weight excluding hydrogens is 500 g/mol. The summed E-state index contributed by atoms with van der Waals surface area (Å²) < 4.78 is 6.42. The van der Waals surface area contributed by atoms with Gasteiger partial charge in [0.2, 0.25) is 5.91 Å². The topological polar surface area (TPSA) is 58.6 Å². The van der Waals surface area contributed by atoms with Crippen molar-refractivity contribution in [2.75, 3.05) is 13.1 Å². The molecule has 4 rings (SSSR count). The number of ether oxygens (including phenoxy) is 1. The molecule has 0 radical (unpaired) electrons. The van der Waals surface area contributed by atoms with Crippen LogP contribution < -0.4 is 5.32 Å². The first-order valence-electron chi connectivity index (χ1n) is 11.5. The molecular formula is C26H31BrN2O3S. The second-order valence-corrected chi connectivity index (χ2v) is 11.8. The van der Waals surface area contributed by atoms with Gasteiger partial charge in [0.15, 0.2) is 0 Å². The minimum Gasteiger partial charge on any atom is -0.444 e. The molecule has 0 aliphatic carbocycles. The zero-order valence-electron chi connectivity index (χ0n) is 19.4. The number of nitrogens with one attached hydrogen (secondary N) is 1. The smallest absolute Gasteiger partial charge is 0.407 e. The Bertz CT molecular complexity index is 1030. The zero-order chi connectivity index (χ0) is 23.6. The van der Waals surface area contributed by atoms with Gasteiger partial charge in [-0.3, -0.25) is 4.79 Å². The van der Waals surface area contributed by atoms with Crippen LogP contribution in [0.5, 0.6) is 0 Å². The van der Waals surface area contributed by atoms with Crippen LogP contribution in [0.15, 0.2) is 51.8 Å². The summed E-state index contributed by atoms with van der Waals surface area (Å²) in [7, 11) is 0. The first kappa shape index (κ1) is 24.1. The maximum atomic E-state index is 13.2. The molecule has 2 aromatic carbocycles. The van der Waals surface area contributed by atoms with Crippen LogP contribution in [0.3, 0.4) is 0 Å². The van der Waals surface area contributed by atoms with E-state index in [2.05, 4.69) is 45.5 Å². The van der Waals surface area contributed by atoms with E-state index >= 15 is 0 Å². The zero-order valence-corrected chi connectivity index (χ0v) is 21.8. The Morgan fingerprint density at radius 2 is 1.88 bits per heavy atom. The molecule has 33 heavy (non-hydrogen) atoms. The number of rotatable bonds is 4. The summed E-state index contributed by atoms with van der Waals surface area (Å²) in [4.78, 5) is 28.4. The molecule has 0 saturated carbocycles. The minimum atomic E-state index is -0.506. The van der Waals surface area contributed by atoms with E-state index in [-0.39, 0.29) is 11.2 Å². The molecule has 2 aliphatic rings. The first-order chi connectivity index (χ1) is 15.7. The monoisotopic (exact) mass is 530 g/mol. The number of carbonyl (C=O) groups excluding carboxylic acids is 2. The molecule has 1 saturated heterocycles. The largest absolute Gasteiger partial charge is 0.444 e. The number of amides is 2. The van der Waals surface area contributed by atoms with Gasteiger partial charge in [-0.1, -0.05) is 46.3 Å². The number of alkyl carbamates (subject to hydrolysis) is 1. The standard InChI is InChI=1S/C26H31BrN2O3S/c1-26(2,3)32-25(31)28-16-17-6-4-7-19(14-17)18-10-12-29(13-11-18)24(30)23-15-20-21(27)8-5-9-22(20)33-23/h4-9,14,18,23H,10-13,15-16H2,1-3H3,(H,28,31). The Morgan fingerprint density at radius 1 is 1.15 bits per heavy atom. The van der Waals surface area contributed by atoms with Crippen molar-refractivity contribution >= 4 is 39.7 Å². The highest BCUT2D eigenvalue weighted by molar-refractivity contribution is 9.10. The quantitative estimate of drug-likeness (QED) is 0.534. The molecule has 176 valence electrons. The fourth-order valence-electron chi connectivity index (χ4n) is 4.45. The number of halogens is 1. The molecule has 0 bridgehead atoms. The van der Waals surface area contributed by atoms with E-state index in [1.807, 2.05) is 43.9 Å². The number of nitrogens with zero attached hydrogens (tertiary/aromatic N) is 1. The van der Waals surface area contributed by atoms with E-state index in [1.165, 1.54) is 16.0 Å². The van der Waals surface area contributed by atoms with Gasteiger partial charge in [0.05, 0.1) is 5.25 Å². The fourth-order valence-corrected chi connectivity index (χ4v) is 6.41. The molecule has 0 spiro atoms. The number of carbonyl (C=O) groups is 2. The van der Waals surface area contributed by atoms with Crippen molar-refractivity contribution < 1.29 is 14.3 Å². The average molecular weight is 532 g/mol. The summed E-state index contributed by atoms with van der Waals surface area (Å²) in [6.45, 7) is 7.58. The Balaban J connectivity index is 1.29. The highest BCUT2D eigenvalue weighted by atomic mass is 79.9. The number of fused-ring (bicyclic) bond motifs is 1. The highest BCUT2D eigenvalue weighted by Crippen LogP contribution is 2.41. The average Bonchev–Trinajstić information content (AvgIpc) is 3.22. The molecule has 2 heterocycles. The maximum Gasteiger partial charge on any atom is 0.407 e. The van der Waals surface area contributed by atoms with Gasteiger partial charge in [-0.2, -0.15) is 0 Å². The molecule has 2 aromatic rings. The normalized spacial score (nSPS) is 18.7. The van der Waals surface area contributed by atoms with Crippen LogP contribution in [0.2, 0.25) is 0 Å². The molecule has 1 unspecified atom stereocenters. The molecule has 5 nitrogen and oxygen atoms in total. The van der Waals surface area contributed by atoms with Crippen LogP contribution in [0.25, 0.3) is 0 Å². The van der Waals surface area contributed by atoms with Crippen LogP contribution in [0.4, 0.5) is 4.79 Å². The van der Waals surface area contributed by atoms with Crippen LogP contribution >= 0.6 is 27.7 Å². The molecule has 1 fully saturated rings. The summed E-state index contributed by atoms with van der Waals surface area (Å²) in [5, 5.41) is 2.81. The van der Waals surface area contributed by atoms with Crippen molar-refractivity contribution in [3.8, 4) is 0 Å². The van der Waals surface area contributed by atoms with Gasteiger partial charge < -0.3 is 15.0 Å². The maximum absolute atomic E-state index is 13.2. The summed E-state index contributed by atoms with van der Waals surface area (Å²) in [6, 6.07) is 14.6. The predicted molar refractivity (Wildman–Crippen MR) is 136 cm³/mol. The lowest BCUT2D eigenvalue weighted by molar-refractivity contribution is -0.131. The van der Waals surface area contributed by atoms with E-state index in [1.54, 1.807) is 11.8 Å². The van der Waals surface area contributed by atoms with Crippen molar-refractivity contribution in [1.29, 1.82) is 0 Å². The van der Waals surface area contributed by atoms with E-state index in [4.69, 9.17) is 4.74 Å². The minimum absolute atomic E-state index is 0.0162. The Morgan fingerprint density at radius 3 is 2.58 bits per heavy atom. The van der Waals surface area contributed by atoms with Crippen molar-refractivity contribution in [2.24, 2.45) is 0 Å². The third kappa shape index (κ3) is 6.12. The van der Waals surface area contributed by atoms with Crippen LogP contribution in [-0.2, 0) is 22.5 Å². The van der Waals surface area contributed by atoms with Gasteiger partial charge in [0, 0.05) is 29.0 Å². The number of hydrogen-bond donors (Lipinski definition) is 1. The van der Waals surface area contributed by atoms with Crippen LogP contribution in [0.1, 0.15) is 56.2 Å². The lowest BCUT2D eigenvalue weighted by Gasteiger charge is -2.33. The van der Waals surface area contributed by atoms with Gasteiger partial charge >= 0.3 is 6.09 Å². The van der Waals surface area contributed by atoms with Crippen molar-refractivity contribution in [3.63, 3.8) is 0 Å². The molecule has 2 amide bonds. The first-order valence-corrected chi connectivity index (χ1v) is 13.2. The number of likely N-dealkylation sites (tertiary alicyclic amines) is 1. The van der Waals surface area contributed by atoms with Gasteiger partial charge in [-0.25, -0.2) is 4.79 Å². The molecule has 7 heteroatoms. The van der Waals surface area contributed by atoms with E-state index in [0.29, 0.717) is 12.5 Å². The number of thioether (sulfide) groups is 1. The fraction of sp³-hybridized carbons (Fsp3) is 0.462. The molecule has 1 atom stereocenters. The summed E-state index contributed by atoms with van der Waals surface area (Å²) in [6.07, 6.45) is 2.32. The third-order valence-corrected chi connectivity index (χ3v) is 8.11. The molecule has 1 N–H and O–H groups in total. The van der Waals surface area contributed by atoms with Crippen LogP contribution in [-0.4, -0.2) is 40.8 Å². The lowest BCUT2D eigenvalue weighted by atomic mass is 9.88. The summed E-state index contributed by atoms with van der Waals surface area (Å²) in [5.41, 5.74) is 3.08. The van der Waals surface area contributed by atoms with Crippen LogP contribution in [0, 0.1) is 0 Å². The highest BCUT2D eigenvalue weighted by Gasteiger charge is 2.34. The summed E-state index contributed by atoms with van der Waals surface area (Å²) >= 11 is 5.32. The second-order valence-electron chi connectivity index (χ2n) is 9.73. The number of piperidine rings is 1. The van der Waals surface area contributed by atoms with Crippen molar-refractivity contribution in [1.82, 2.24) is 10.2 Å². The van der Waals surface area contributed by atoms with E-state index < -0.39 is 11.7 Å². The van der Waals surface area contributed by atoms with E-state index in [0.717, 1.165) is 42.4 Å². The molecule has 0 aromatic heterocycles. The molecule has 2 aliphatic heterocycles. The number of benzene rings is 2. The Kier molecular flexibility index (Phi) is 7.39. The third-order valence-electron chi connectivity index (χ3n) is 6.07. The van der Waals surface area contributed by atoms with Crippen molar-refractivity contribution in [3.05, 3.63) is 63.6 Å². The SMILES string of the molecule is CC(C)(C)OC(=O)NCc1cccc(C2CCN(C(=O)C3Cc4c(Br)cccc4S3)CC2)c1. The Labute approximate surface area is 208 Å².